The lowest BCUT2D eigenvalue weighted by Crippen LogP contribution is -2.46. The van der Waals surface area contributed by atoms with Gasteiger partial charge in [0.2, 0.25) is 11.8 Å². The third kappa shape index (κ3) is 5.75. The largest absolute Gasteiger partial charge is 0.355 e. The zero-order chi connectivity index (χ0) is 17.7. The molecule has 7 nitrogen and oxygen atoms in total. The van der Waals surface area contributed by atoms with Crippen LogP contribution < -0.4 is 10.6 Å². The number of hydrogen-bond acceptors (Lipinski definition) is 3. The molecule has 2 amide bonds. The zero-order valence-electron chi connectivity index (χ0n) is 14.1. The Labute approximate surface area is 174 Å². The molecule has 0 radical (unpaired) electrons. The summed E-state index contributed by atoms with van der Waals surface area (Å²) in [5, 5.41) is 7.21. The van der Waals surface area contributed by atoms with E-state index in [2.05, 4.69) is 15.6 Å². The number of aliphatic imine (C=N–C) groups is 1. The van der Waals surface area contributed by atoms with Crippen LogP contribution in [0.25, 0.3) is 0 Å². The Balaban J connectivity index is 0.00000312. The highest BCUT2D eigenvalue weighted by molar-refractivity contribution is 14.0. The van der Waals surface area contributed by atoms with Crippen LogP contribution >= 0.6 is 47.2 Å². The fourth-order valence-corrected chi connectivity index (χ4v) is 2.90. The molecule has 2 rings (SSSR count). The first-order valence-electron chi connectivity index (χ1n) is 7.71. The standard InChI is InChI=1S/C15H21Cl2N5O2.HI/c1-18-15(20-9-10-8-11(16)14(17)21(10)2)19-6-7-22-12(23)4-3-5-13(22)24;/h8H,3-7,9H2,1-2H3,(H2,18,19,20);1H. The van der Waals surface area contributed by atoms with Gasteiger partial charge in [0.05, 0.1) is 11.6 Å². The van der Waals surface area contributed by atoms with Gasteiger partial charge in [0.25, 0.3) is 0 Å². The fraction of sp³-hybridized carbons (Fsp3) is 0.533. The first-order valence-corrected chi connectivity index (χ1v) is 8.47. The summed E-state index contributed by atoms with van der Waals surface area (Å²) in [5.74, 6) is 0.355. The summed E-state index contributed by atoms with van der Waals surface area (Å²) in [4.78, 5) is 28.9. The van der Waals surface area contributed by atoms with Crippen molar-refractivity contribution < 1.29 is 9.59 Å². The second-order valence-electron chi connectivity index (χ2n) is 5.48. The van der Waals surface area contributed by atoms with Crippen molar-refractivity contribution in [2.75, 3.05) is 20.1 Å². The van der Waals surface area contributed by atoms with E-state index in [-0.39, 0.29) is 35.8 Å². The van der Waals surface area contributed by atoms with Gasteiger partial charge in [0.15, 0.2) is 5.96 Å². The van der Waals surface area contributed by atoms with Crippen molar-refractivity contribution >= 4 is 65.0 Å². The number of amides is 2. The second-order valence-corrected chi connectivity index (χ2v) is 6.24. The molecule has 0 spiro atoms. The Morgan fingerprint density at radius 1 is 1.24 bits per heavy atom. The van der Waals surface area contributed by atoms with E-state index >= 15 is 0 Å². The van der Waals surface area contributed by atoms with Crippen molar-refractivity contribution in [2.45, 2.75) is 25.8 Å². The molecule has 0 bridgehead atoms. The maximum absolute atomic E-state index is 11.7. The molecule has 25 heavy (non-hydrogen) atoms. The van der Waals surface area contributed by atoms with E-state index in [1.807, 2.05) is 7.05 Å². The lowest BCUT2D eigenvalue weighted by Gasteiger charge is -2.25. The average molecular weight is 502 g/mol. The lowest BCUT2D eigenvalue weighted by atomic mass is 10.1. The molecule has 2 N–H and O–H groups in total. The van der Waals surface area contributed by atoms with Crippen LogP contribution in [0.5, 0.6) is 0 Å². The number of imide groups is 1. The summed E-state index contributed by atoms with van der Waals surface area (Å²) < 4.78 is 1.79. The highest BCUT2D eigenvalue weighted by Crippen LogP contribution is 2.24. The van der Waals surface area contributed by atoms with Gasteiger partial charge in [-0.15, -0.1) is 24.0 Å². The number of likely N-dealkylation sites (tertiary alicyclic amines) is 1. The number of aromatic nitrogens is 1. The first-order chi connectivity index (χ1) is 11.4. The number of halogens is 3. The molecular weight excluding hydrogens is 480 g/mol. The van der Waals surface area contributed by atoms with Crippen LogP contribution in [0.1, 0.15) is 25.0 Å². The van der Waals surface area contributed by atoms with Gasteiger partial charge in [-0.3, -0.25) is 19.5 Å². The molecule has 1 aromatic rings. The highest BCUT2D eigenvalue weighted by atomic mass is 127. The van der Waals surface area contributed by atoms with Gasteiger partial charge in [0.1, 0.15) is 5.15 Å². The summed E-state index contributed by atoms with van der Waals surface area (Å²) in [6.07, 6.45) is 1.52. The molecule has 0 atom stereocenters. The second kappa shape index (κ2) is 10.2. The van der Waals surface area contributed by atoms with Crippen molar-refractivity contribution in [3.05, 3.63) is 21.9 Å². The van der Waals surface area contributed by atoms with Gasteiger partial charge in [0, 0.05) is 45.7 Å². The maximum atomic E-state index is 11.7. The minimum absolute atomic E-state index is 0. The van der Waals surface area contributed by atoms with Gasteiger partial charge in [-0.1, -0.05) is 23.2 Å². The predicted molar refractivity (Wildman–Crippen MR) is 110 cm³/mol. The number of rotatable bonds is 5. The number of nitrogens with zero attached hydrogens (tertiary/aromatic N) is 3. The minimum Gasteiger partial charge on any atom is -0.355 e. The van der Waals surface area contributed by atoms with E-state index in [1.54, 1.807) is 17.7 Å². The maximum Gasteiger partial charge on any atom is 0.229 e. The van der Waals surface area contributed by atoms with Crippen molar-refractivity contribution in [1.29, 1.82) is 0 Å². The molecule has 2 heterocycles. The smallest absolute Gasteiger partial charge is 0.229 e. The molecule has 1 aliphatic heterocycles. The number of nitrogens with one attached hydrogen (secondary N) is 2. The van der Waals surface area contributed by atoms with Crippen molar-refractivity contribution in [3.8, 4) is 0 Å². The Morgan fingerprint density at radius 3 is 2.40 bits per heavy atom. The van der Waals surface area contributed by atoms with Crippen LogP contribution in [0.15, 0.2) is 11.1 Å². The number of piperidine rings is 1. The molecule has 0 aromatic carbocycles. The van der Waals surface area contributed by atoms with Crippen LogP contribution in [-0.4, -0.2) is 47.4 Å². The molecule has 0 saturated carbocycles. The van der Waals surface area contributed by atoms with Crippen LogP contribution in [0.4, 0.5) is 0 Å². The van der Waals surface area contributed by atoms with Gasteiger partial charge in [-0.05, 0) is 12.5 Å². The Morgan fingerprint density at radius 2 is 1.88 bits per heavy atom. The molecule has 1 fully saturated rings. The van der Waals surface area contributed by atoms with E-state index in [4.69, 9.17) is 23.2 Å². The van der Waals surface area contributed by atoms with E-state index < -0.39 is 0 Å². The number of carbonyl (C=O) groups excluding carboxylic acids is 2. The molecule has 1 aromatic heterocycles. The molecule has 1 saturated heterocycles. The highest BCUT2D eigenvalue weighted by Gasteiger charge is 2.25. The third-order valence-electron chi connectivity index (χ3n) is 3.89. The quantitative estimate of drug-likeness (QED) is 0.280. The van der Waals surface area contributed by atoms with Crippen LogP contribution in [-0.2, 0) is 23.2 Å². The van der Waals surface area contributed by atoms with Gasteiger partial charge < -0.3 is 15.2 Å². The van der Waals surface area contributed by atoms with Crippen molar-refractivity contribution in [3.63, 3.8) is 0 Å². The normalized spacial score (nSPS) is 15.2. The Hall–Kier alpha value is -1.000. The summed E-state index contributed by atoms with van der Waals surface area (Å²) in [7, 11) is 3.48. The molecule has 140 valence electrons. The van der Waals surface area contributed by atoms with Gasteiger partial charge in [-0.2, -0.15) is 0 Å². The van der Waals surface area contributed by atoms with Crippen molar-refractivity contribution in [2.24, 2.45) is 12.0 Å². The summed E-state index contributed by atoms with van der Waals surface area (Å²) in [5.41, 5.74) is 0.911. The van der Waals surface area contributed by atoms with Gasteiger partial charge >= 0.3 is 0 Å². The van der Waals surface area contributed by atoms with E-state index in [9.17, 15) is 9.59 Å². The lowest BCUT2D eigenvalue weighted by molar-refractivity contribution is -0.147. The topological polar surface area (TPSA) is 78.7 Å². The fourth-order valence-electron chi connectivity index (χ4n) is 2.49. The van der Waals surface area contributed by atoms with Crippen LogP contribution in [0.3, 0.4) is 0 Å². The van der Waals surface area contributed by atoms with Crippen LogP contribution in [0.2, 0.25) is 10.2 Å². The summed E-state index contributed by atoms with van der Waals surface area (Å²) >= 11 is 12.0. The molecule has 0 aliphatic carbocycles. The SMILES string of the molecule is CN=C(NCCN1C(=O)CCCC1=O)NCc1cc(Cl)c(Cl)n1C.I. The zero-order valence-corrected chi connectivity index (χ0v) is 18.0. The monoisotopic (exact) mass is 501 g/mol. The number of hydrogen-bond donors (Lipinski definition) is 2. The molecule has 10 heteroatoms. The Kier molecular flexibility index (Phi) is 9.01. The van der Waals surface area contributed by atoms with Gasteiger partial charge in [-0.25, -0.2) is 0 Å². The summed E-state index contributed by atoms with van der Waals surface area (Å²) in [6.45, 7) is 1.26. The first kappa shape index (κ1) is 22.0. The number of carbonyl (C=O) groups is 2. The average Bonchev–Trinajstić information content (AvgIpc) is 2.80. The van der Waals surface area contributed by atoms with Crippen LogP contribution in [0, 0.1) is 0 Å². The predicted octanol–water partition coefficient (Wildman–Crippen LogP) is 2.15. The van der Waals surface area contributed by atoms with E-state index in [0.717, 1.165) is 5.69 Å². The minimum atomic E-state index is -0.107. The van der Waals surface area contributed by atoms with Crippen molar-refractivity contribution in [1.82, 2.24) is 20.1 Å². The number of guanidine groups is 1. The van der Waals surface area contributed by atoms with E-state index in [1.165, 1.54) is 4.90 Å². The Bertz CT molecular complexity index is 647. The summed E-state index contributed by atoms with van der Waals surface area (Å²) in [6, 6.07) is 1.79. The van der Waals surface area contributed by atoms with E-state index in [0.29, 0.717) is 55.0 Å². The molecule has 1 aliphatic rings. The molecular formula is C15H22Cl2IN5O2. The molecule has 0 unspecified atom stereocenters. The third-order valence-corrected chi connectivity index (χ3v) is 4.73.